The molecule has 0 radical (unpaired) electrons. The number of hydrogen-bond donors (Lipinski definition) is 2. The number of anilines is 4. The van der Waals surface area contributed by atoms with Crippen LogP contribution in [-0.4, -0.2) is 63.5 Å². The lowest BCUT2D eigenvalue weighted by atomic mass is 10.2. The molecule has 2 aromatic heterocycles. The van der Waals surface area contributed by atoms with Gasteiger partial charge in [0.2, 0.25) is 11.9 Å². The van der Waals surface area contributed by atoms with Crippen molar-refractivity contribution in [2.24, 2.45) is 0 Å². The first-order valence-electron chi connectivity index (χ1n) is 10.9. The molecule has 1 saturated heterocycles. The molecule has 176 valence electrons. The van der Waals surface area contributed by atoms with Crippen LogP contribution in [0.1, 0.15) is 20.8 Å². The first-order valence-corrected chi connectivity index (χ1v) is 11.3. The van der Waals surface area contributed by atoms with E-state index in [0.29, 0.717) is 36.5 Å². The number of nitrogens with zero attached hydrogens (tertiary/aromatic N) is 6. The van der Waals surface area contributed by atoms with Gasteiger partial charge in [0.15, 0.2) is 0 Å². The van der Waals surface area contributed by atoms with Crippen molar-refractivity contribution in [3.05, 3.63) is 47.7 Å². The second kappa shape index (κ2) is 11.4. The summed E-state index contributed by atoms with van der Waals surface area (Å²) in [7, 11) is 0. The van der Waals surface area contributed by atoms with Crippen LogP contribution in [0.15, 0.2) is 42.6 Å². The van der Waals surface area contributed by atoms with Gasteiger partial charge in [-0.15, -0.1) is 5.10 Å². The average Bonchev–Trinajstić information content (AvgIpc) is 3.21. The summed E-state index contributed by atoms with van der Waals surface area (Å²) in [6.07, 6.45) is 1.33. The van der Waals surface area contributed by atoms with E-state index in [0.717, 1.165) is 24.5 Å². The van der Waals surface area contributed by atoms with Gasteiger partial charge < -0.3 is 25.6 Å². The minimum Gasteiger partial charge on any atom is -0.450 e. The number of rotatable bonds is 5. The Morgan fingerprint density at radius 1 is 1.12 bits per heavy atom. The Bertz CT molecular complexity index is 1050. The highest BCUT2D eigenvalue weighted by molar-refractivity contribution is 6.29. The number of ether oxygens (including phenoxy) is 1. The fraction of sp³-hybridized carbons (Fsp3) is 0.364. The Morgan fingerprint density at radius 3 is 2.45 bits per heavy atom. The summed E-state index contributed by atoms with van der Waals surface area (Å²) >= 11 is 5.94. The van der Waals surface area contributed by atoms with Crippen LogP contribution in [0.3, 0.4) is 0 Å². The molecule has 10 nitrogen and oxygen atoms in total. The molecule has 3 heterocycles. The van der Waals surface area contributed by atoms with Crippen molar-refractivity contribution in [1.29, 1.82) is 0 Å². The van der Waals surface area contributed by atoms with Gasteiger partial charge in [0.25, 0.3) is 0 Å². The monoisotopic (exact) mass is 472 g/mol. The van der Waals surface area contributed by atoms with Crippen LogP contribution >= 0.6 is 11.6 Å². The van der Waals surface area contributed by atoms with E-state index >= 15 is 0 Å². The van der Waals surface area contributed by atoms with Gasteiger partial charge in [-0.2, -0.15) is 9.67 Å². The lowest BCUT2D eigenvalue weighted by molar-refractivity contribution is 0.105. The van der Waals surface area contributed by atoms with Crippen LogP contribution in [0.25, 0.3) is 5.69 Å². The Balaban J connectivity index is 0.00000149. The van der Waals surface area contributed by atoms with Crippen LogP contribution in [0.4, 0.5) is 28.1 Å². The summed E-state index contributed by atoms with van der Waals surface area (Å²) in [5, 5.41) is 7.90. The Hall–Kier alpha value is -3.53. The van der Waals surface area contributed by atoms with E-state index in [1.165, 1.54) is 4.68 Å². The average molecular weight is 473 g/mol. The number of piperazine rings is 1. The third-order valence-corrected chi connectivity index (χ3v) is 5.09. The molecule has 4 rings (SSSR count). The van der Waals surface area contributed by atoms with E-state index in [1.807, 2.05) is 45.0 Å². The number of nitrogen functional groups attached to an aromatic ring is 1. The summed E-state index contributed by atoms with van der Waals surface area (Å²) in [6, 6.07) is 11.3. The third kappa shape index (κ3) is 6.04. The largest absolute Gasteiger partial charge is 0.450 e. The zero-order chi connectivity index (χ0) is 23.8. The molecular weight excluding hydrogens is 444 g/mol. The van der Waals surface area contributed by atoms with Crippen molar-refractivity contribution in [3.63, 3.8) is 0 Å². The topological polar surface area (TPSA) is 114 Å². The van der Waals surface area contributed by atoms with E-state index in [1.54, 1.807) is 23.2 Å². The molecule has 0 bridgehead atoms. The van der Waals surface area contributed by atoms with Crippen molar-refractivity contribution < 1.29 is 9.53 Å². The van der Waals surface area contributed by atoms with Gasteiger partial charge in [-0.25, -0.2) is 9.78 Å². The Labute approximate surface area is 198 Å². The summed E-state index contributed by atoms with van der Waals surface area (Å²) in [4.78, 5) is 24.0. The fourth-order valence-electron chi connectivity index (χ4n) is 3.34. The van der Waals surface area contributed by atoms with Crippen LogP contribution in [0, 0.1) is 0 Å². The van der Waals surface area contributed by atoms with Crippen LogP contribution in [0.5, 0.6) is 0 Å². The minimum absolute atomic E-state index is 0.237. The van der Waals surface area contributed by atoms with E-state index in [9.17, 15) is 4.79 Å². The van der Waals surface area contributed by atoms with Gasteiger partial charge in [0.05, 0.1) is 12.3 Å². The summed E-state index contributed by atoms with van der Waals surface area (Å²) < 4.78 is 6.56. The molecule has 1 aliphatic rings. The molecule has 1 fully saturated rings. The summed E-state index contributed by atoms with van der Waals surface area (Å²) in [6.45, 7) is 8.98. The van der Waals surface area contributed by atoms with Crippen LogP contribution in [0.2, 0.25) is 5.15 Å². The molecular formula is C22H29ClN8O2. The Kier molecular flexibility index (Phi) is 8.31. The van der Waals surface area contributed by atoms with E-state index in [2.05, 4.69) is 25.3 Å². The number of amides is 1. The summed E-state index contributed by atoms with van der Waals surface area (Å²) in [5.41, 5.74) is 8.58. The first kappa shape index (κ1) is 24.1. The highest BCUT2D eigenvalue weighted by Crippen LogP contribution is 2.23. The van der Waals surface area contributed by atoms with Gasteiger partial charge >= 0.3 is 6.09 Å². The molecule has 1 aromatic carbocycles. The molecule has 0 spiro atoms. The molecule has 11 heteroatoms. The van der Waals surface area contributed by atoms with E-state index in [-0.39, 0.29) is 12.0 Å². The van der Waals surface area contributed by atoms with Gasteiger partial charge in [-0.05, 0) is 37.3 Å². The van der Waals surface area contributed by atoms with Crippen molar-refractivity contribution in [3.8, 4) is 5.69 Å². The molecule has 0 atom stereocenters. The second-order valence-electron chi connectivity index (χ2n) is 6.89. The highest BCUT2D eigenvalue weighted by atomic mass is 35.5. The van der Waals surface area contributed by atoms with E-state index in [4.69, 9.17) is 22.1 Å². The fourth-order valence-corrected chi connectivity index (χ4v) is 3.51. The number of pyridine rings is 1. The van der Waals surface area contributed by atoms with Crippen molar-refractivity contribution >= 4 is 41.0 Å². The number of aromatic nitrogens is 4. The number of hydrogen-bond acceptors (Lipinski definition) is 8. The number of halogens is 1. The number of nitrogens with two attached hydrogens (primary N) is 1. The van der Waals surface area contributed by atoms with Crippen molar-refractivity contribution in [2.75, 3.05) is 48.7 Å². The molecule has 3 aromatic rings. The normalized spacial score (nSPS) is 13.2. The van der Waals surface area contributed by atoms with Crippen molar-refractivity contribution in [2.45, 2.75) is 20.8 Å². The Morgan fingerprint density at radius 2 is 1.82 bits per heavy atom. The number of carbonyl (C=O) groups is 1. The molecule has 3 N–H and O–H groups in total. The number of nitrogens with one attached hydrogen (secondary N) is 1. The zero-order valence-electron chi connectivity index (χ0n) is 19.0. The molecule has 1 amide bonds. The van der Waals surface area contributed by atoms with Gasteiger partial charge in [0.1, 0.15) is 5.15 Å². The first-order chi connectivity index (χ1) is 16.0. The van der Waals surface area contributed by atoms with Gasteiger partial charge in [-0.1, -0.05) is 25.4 Å². The van der Waals surface area contributed by atoms with Gasteiger partial charge in [-0.3, -0.25) is 0 Å². The predicted molar refractivity (Wildman–Crippen MR) is 130 cm³/mol. The number of benzene rings is 1. The third-order valence-electron chi connectivity index (χ3n) is 4.88. The standard InChI is InChI=1S/C20H23ClN8O2.C2H6/c1-2-31-20(30)28-11-9-27(10-12-28)15-5-3-14(4-6-15)24-19-25-18(22)29(26-19)16-7-8-23-17(21)13-16;1-2/h3-8,13H,2,9-12H2,1H3,(H3,22,24,25,26);1-2H3. The summed E-state index contributed by atoms with van der Waals surface area (Å²) in [5.74, 6) is 0.613. The lowest BCUT2D eigenvalue weighted by Crippen LogP contribution is -2.49. The molecule has 0 unspecified atom stereocenters. The number of carbonyl (C=O) groups excluding carboxylic acids is 1. The van der Waals surface area contributed by atoms with E-state index < -0.39 is 0 Å². The smallest absolute Gasteiger partial charge is 0.409 e. The second-order valence-corrected chi connectivity index (χ2v) is 7.27. The molecule has 0 aliphatic carbocycles. The maximum atomic E-state index is 11.8. The maximum absolute atomic E-state index is 11.8. The quantitative estimate of drug-likeness (QED) is 0.536. The zero-order valence-corrected chi connectivity index (χ0v) is 19.8. The van der Waals surface area contributed by atoms with Gasteiger partial charge in [0, 0.05) is 49.8 Å². The maximum Gasteiger partial charge on any atom is 0.409 e. The molecule has 33 heavy (non-hydrogen) atoms. The lowest BCUT2D eigenvalue weighted by Gasteiger charge is -2.35. The SMILES string of the molecule is CC.CCOC(=O)N1CCN(c2ccc(Nc3nc(N)n(-c4ccnc(Cl)c4)n3)cc2)CC1. The highest BCUT2D eigenvalue weighted by Gasteiger charge is 2.22. The van der Waals surface area contributed by atoms with Crippen LogP contribution in [-0.2, 0) is 4.74 Å². The molecule has 1 aliphatic heterocycles. The molecule has 0 saturated carbocycles. The minimum atomic E-state index is -0.248. The van der Waals surface area contributed by atoms with Crippen molar-refractivity contribution in [1.82, 2.24) is 24.6 Å². The van der Waals surface area contributed by atoms with Crippen LogP contribution < -0.4 is 16.0 Å². The predicted octanol–water partition coefficient (Wildman–Crippen LogP) is 3.95.